The van der Waals surface area contributed by atoms with E-state index in [2.05, 4.69) is 72.2 Å². The van der Waals surface area contributed by atoms with Gasteiger partial charge in [-0.3, -0.25) is 0 Å². The van der Waals surface area contributed by atoms with E-state index in [4.69, 9.17) is 9.47 Å². The molecule has 4 rings (SSSR count). The zero-order valence-electron chi connectivity index (χ0n) is 20.9. The number of nitrogens with one attached hydrogen (secondary N) is 1. The van der Waals surface area contributed by atoms with Gasteiger partial charge in [0.05, 0.1) is 26.5 Å². The van der Waals surface area contributed by atoms with Crippen LogP contribution in [0.1, 0.15) is 33.9 Å². The Bertz CT molecular complexity index is 1220. The summed E-state index contributed by atoms with van der Waals surface area (Å²) >= 11 is 1.68. The van der Waals surface area contributed by atoms with E-state index in [1.54, 1.807) is 37.7 Å². The average Bonchev–Trinajstić information content (AvgIpc) is 3.33. The fourth-order valence-corrected chi connectivity index (χ4v) is 5.19. The third-order valence-corrected chi connectivity index (χ3v) is 7.34. The first-order chi connectivity index (χ1) is 17.6. The van der Waals surface area contributed by atoms with Crippen molar-refractivity contribution in [2.45, 2.75) is 25.8 Å². The lowest BCUT2D eigenvalue weighted by Crippen LogP contribution is -2.36. The van der Waals surface area contributed by atoms with E-state index in [1.165, 1.54) is 21.6 Å². The molecule has 2 amide bonds. The molecule has 0 aliphatic carbocycles. The van der Waals surface area contributed by atoms with E-state index < -0.39 is 0 Å². The van der Waals surface area contributed by atoms with Gasteiger partial charge in [0.15, 0.2) is 0 Å². The van der Waals surface area contributed by atoms with Crippen molar-refractivity contribution in [3.8, 4) is 11.5 Å². The predicted octanol–water partition coefficient (Wildman–Crippen LogP) is 7.33. The molecule has 0 aliphatic heterocycles. The van der Waals surface area contributed by atoms with Gasteiger partial charge in [0.2, 0.25) is 0 Å². The number of carbonyl (C=O) groups is 1. The normalized spacial score (nSPS) is 10.8. The molecule has 6 heteroatoms. The monoisotopic (exact) mass is 500 g/mol. The molecule has 0 atom stereocenters. The standard InChI is InChI=1S/C30H32N2O3S/c1-22-17-19-36-29(22)21-32(30(33)31-27-15-14-25(34-2)20-28(27)35-3)18-16-26(23-10-6-4-7-11-23)24-12-8-5-9-13-24/h4-15,17,19-20,26H,16,18,21H2,1-3H3,(H,31,33). The molecule has 36 heavy (non-hydrogen) atoms. The number of carbonyl (C=O) groups excluding carboxylic acids is 1. The van der Waals surface area contributed by atoms with Crippen molar-refractivity contribution in [2.75, 3.05) is 26.1 Å². The quantitative estimate of drug-likeness (QED) is 0.248. The molecule has 0 aliphatic rings. The maximum absolute atomic E-state index is 13.6. The molecule has 4 aromatic rings. The number of hydrogen-bond donors (Lipinski definition) is 1. The van der Waals surface area contributed by atoms with Gasteiger partial charge in [-0.15, -0.1) is 11.3 Å². The first kappa shape index (κ1) is 25.3. The van der Waals surface area contributed by atoms with E-state index >= 15 is 0 Å². The molecule has 5 nitrogen and oxygen atoms in total. The van der Waals surface area contributed by atoms with Crippen LogP contribution in [-0.2, 0) is 6.54 Å². The maximum atomic E-state index is 13.6. The molecular weight excluding hydrogens is 468 g/mol. The fourth-order valence-electron chi connectivity index (χ4n) is 4.27. The Labute approximate surface area is 217 Å². The molecule has 0 spiro atoms. The van der Waals surface area contributed by atoms with E-state index in [0.717, 1.165) is 6.42 Å². The van der Waals surface area contributed by atoms with Gasteiger partial charge in [-0.25, -0.2) is 4.79 Å². The maximum Gasteiger partial charge on any atom is 0.322 e. The Hall–Kier alpha value is -3.77. The summed E-state index contributed by atoms with van der Waals surface area (Å²) in [7, 11) is 3.19. The van der Waals surface area contributed by atoms with E-state index in [0.29, 0.717) is 30.3 Å². The Kier molecular flexibility index (Phi) is 8.63. The minimum Gasteiger partial charge on any atom is -0.497 e. The van der Waals surface area contributed by atoms with Crippen LogP contribution in [0.25, 0.3) is 0 Å². The van der Waals surface area contributed by atoms with Crippen molar-refractivity contribution in [1.82, 2.24) is 4.90 Å². The number of thiophene rings is 1. The van der Waals surface area contributed by atoms with Gasteiger partial charge in [0, 0.05) is 23.4 Å². The highest BCUT2D eigenvalue weighted by Gasteiger charge is 2.21. The largest absolute Gasteiger partial charge is 0.497 e. The number of anilines is 1. The van der Waals surface area contributed by atoms with Crippen molar-refractivity contribution in [3.63, 3.8) is 0 Å². The van der Waals surface area contributed by atoms with Crippen LogP contribution >= 0.6 is 11.3 Å². The minimum atomic E-state index is -0.161. The molecule has 0 saturated carbocycles. The second-order valence-electron chi connectivity index (χ2n) is 8.61. The Balaban J connectivity index is 1.58. The molecule has 1 heterocycles. The van der Waals surface area contributed by atoms with Crippen LogP contribution in [0.4, 0.5) is 10.5 Å². The van der Waals surface area contributed by atoms with Gasteiger partial charge < -0.3 is 19.7 Å². The Morgan fingerprint density at radius 1 is 0.917 bits per heavy atom. The molecule has 0 bridgehead atoms. The molecular formula is C30H32N2O3S. The predicted molar refractivity (Wildman–Crippen MR) is 147 cm³/mol. The zero-order valence-corrected chi connectivity index (χ0v) is 21.8. The summed E-state index contributed by atoms with van der Waals surface area (Å²) in [5.74, 6) is 1.41. The van der Waals surface area contributed by atoms with Crippen molar-refractivity contribution >= 4 is 23.1 Å². The summed E-state index contributed by atoms with van der Waals surface area (Å²) < 4.78 is 10.8. The van der Waals surface area contributed by atoms with Gasteiger partial charge >= 0.3 is 6.03 Å². The van der Waals surface area contributed by atoms with E-state index in [-0.39, 0.29) is 11.9 Å². The third kappa shape index (κ3) is 6.26. The molecule has 1 N–H and O–H groups in total. The van der Waals surface area contributed by atoms with Crippen LogP contribution < -0.4 is 14.8 Å². The van der Waals surface area contributed by atoms with Gasteiger partial charge in [-0.05, 0) is 53.6 Å². The summed E-state index contributed by atoms with van der Waals surface area (Å²) in [5.41, 5.74) is 4.29. The van der Waals surface area contributed by atoms with Gasteiger partial charge in [0.25, 0.3) is 0 Å². The summed E-state index contributed by atoms with van der Waals surface area (Å²) in [5, 5.41) is 5.13. The van der Waals surface area contributed by atoms with Crippen molar-refractivity contribution in [1.29, 1.82) is 0 Å². The first-order valence-electron chi connectivity index (χ1n) is 12.0. The van der Waals surface area contributed by atoms with Crippen molar-refractivity contribution in [3.05, 3.63) is 112 Å². The van der Waals surface area contributed by atoms with Crippen LogP contribution in [0.15, 0.2) is 90.3 Å². The highest BCUT2D eigenvalue weighted by atomic mass is 32.1. The van der Waals surface area contributed by atoms with Gasteiger partial charge in [-0.1, -0.05) is 60.7 Å². The second kappa shape index (κ2) is 12.3. The Morgan fingerprint density at radius 2 is 1.58 bits per heavy atom. The number of benzene rings is 3. The summed E-state index contributed by atoms with van der Waals surface area (Å²) in [6.45, 7) is 3.23. The highest BCUT2D eigenvalue weighted by Crippen LogP contribution is 2.31. The second-order valence-corrected chi connectivity index (χ2v) is 9.61. The number of aryl methyl sites for hydroxylation is 1. The summed E-state index contributed by atoms with van der Waals surface area (Å²) in [4.78, 5) is 16.7. The smallest absolute Gasteiger partial charge is 0.322 e. The zero-order chi connectivity index (χ0) is 25.3. The minimum absolute atomic E-state index is 0.161. The number of hydrogen-bond acceptors (Lipinski definition) is 4. The van der Waals surface area contributed by atoms with Crippen molar-refractivity contribution in [2.24, 2.45) is 0 Å². The molecule has 0 saturated heterocycles. The number of nitrogens with zero attached hydrogens (tertiary/aromatic N) is 1. The van der Waals surface area contributed by atoms with Crippen LogP contribution in [0.5, 0.6) is 11.5 Å². The van der Waals surface area contributed by atoms with Gasteiger partial charge in [-0.2, -0.15) is 0 Å². The molecule has 186 valence electrons. The topological polar surface area (TPSA) is 50.8 Å². The lowest BCUT2D eigenvalue weighted by atomic mass is 9.88. The first-order valence-corrected chi connectivity index (χ1v) is 12.9. The summed E-state index contributed by atoms with van der Waals surface area (Å²) in [6, 6.07) is 28.3. The summed E-state index contributed by atoms with van der Waals surface area (Å²) in [6.07, 6.45) is 0.797. The van der Waals surface area contributed by atoms with Crippen LogP contribution in [-0.4, -0.2) is 31.7 Å². The lowest BCUT2D eigenvalue weighted by molar-refractivity contribution is 0.208. The molecule has 0 radical (unpaired) electrons. The number of urea groups is 1. The third-order valence-electron chi connectivity index (χ3n) is 6.33. The molecule has 1 aromatic heterocycles. The molecule has 0 unspecified atom stereocenters. The van der Waals surface area contributed by atoms with Crippen LogP contribution in [0.3, 0.4) is 0 Å². The van der Waals surface area contributed by atoms with E-state index in [9.17, 15) is 4.79 Å². The Morgan fingerprint density at radius 3 is 2.14 bits per heavy atom. The number of rotatable bonds is 10. The lowest BCUT2D eigenvalue weighted by Gasteiger charge is -2.26. The molecule has 3 aromatic carbocycles. The SMILES string of the molecule is COc1ccc(NC(=O)N(CCC(c2ccccc2)c2ccccc2)Cc2sccc2C)c(OC)c1. The average molecular weight is 501 g/mol. The number of amides is 2. The van der Waals surface area contributed by atoms with Crippen LogP contribution in [0.2, 0.25) is 0 Å². The van der Waals surface area contributed by atoms with Gasteiger partial charge in [0.1, 0.15) is 11.5 Å². The van der Waals surface area contributed by atoms with Crippen LogP contribution in [0, 0.1) is 6.92 Å². The highest BCUT2D eigenvalue weighted by molar-refractivity contribution is 7.10. The fraction of sp³-hybridized carbons (Fsp3) is 0.233. The van der Waals surface area contributed by atoms with E-state index in [1.807, 2.05) is 23.1 Å². The van der Waals surface area contributed by atoms with Crippen molar-refractivity contribution < 1.29 is 14.3 Å². The number of ether oxygens (including phenoxy) is 2. The number of methoxy groups -OCH3 is 2. The molecule has 0 fully saturated rings.